The van der Waals surface area contributed by atoms with Crippen molar-refractivity contribution in [3.05, 3.63) is 29.3 Å². The normalized spacial score (nSPS) is 12.9. The van der Waals surface area contributed by atoms with Gasteiger partial charge in [-0.3, -0.25) is 4.99 Å². The zero-order valence-electron chi connectivity index (χ0n) is 13.7. The van der Waals surface area contributed by atoms with Crippen LogP contribution in [0.5, 0.6) is 5.75 Å². The first-order valence-corrected chi connectivity index (χ1v) is 7.22. The van der Waals surface area contributed by atoms with Crippen molar-refractivity contribution in [3.63, 3.8) is 0 Å². The van der Waals surface area contributed by atoms with Crippen molar-refractivity contribution in [2.24, 2.45) is 4.99 Å². The van der Waals surface area contributed by atoms with Gasteiger partial charge >= 0.3 is 0 Å². The fourth-order valence-electron chi connectivity index (χ4n) is 2.07. The molecular weight excluding hydrogens is 266 g/mol. The third-order valence-corrected chi connectivity index (χ3v) is 2.88. The van der Waals surface area contributed by atoms with Crippen LogP contribution in [0.4, 0.5) is 0 Å². The number of rotatable bonds is 7. The zero-order chi connectivity index (χ0) is 15.7. The van der Waals surface area contributed by atoms with Gasteiger partial charge in [0.1, 0.15) is 12.4 Å². The third kappa shape index (κ3) is 6.99. The van der Waals surface area contributed by atoms with E-state index in [4.69, 9.17) is 9.47 Å². The highest BCUT2D eigenvalue weighted by Gasteiger charge is 2.04. The average molecular weight is 293 g/mol. The molecule has 0 aliphatic heterocycles. The molecule has 0 aliphatic rings. The summed E-state index contributed by atoms with van der Waals surface area (Å²) >= 11 is 0. The maximum atomic E-state index is 5.75. The molecule has 0 radical (unpaired) electrons. The minimum absolute atomic E-state index is 0.210. The number of nitrogens with one attached hydrogen (secondary N) is 2. The van der Waals surface area contributed by atoms with Crippen LogP contribution < -0.4 is 15.4 Å². The minimum atomic E-state index is 0.210. The molecule has 0 saturated carbocycles. The Bertz CT molecular complexity index is 441. The van der Waals surface area contributed by atoms with Crippen molar-refractivity contribution in [3.8, 4) is 5.75 Å². The summed E-state index contributed by atoms with van der Waals surface area (Å²) in [6.07, 6.45) is 0. The predicted molar refractivity (Wildman–Crippen MR) is 87.2 cm³/mol. The van der Waals surface area contributed by atoms with Crippen LogP contribution >= 0.6 is 0 Å². The van der Waals surface area contributed by atoms with Crippen LogP contribution in [0.25, 0.3) is 0 Å². The first-order valence-electron chi connectivity index (χ1n) is 7.22. The smallest absolute Gasteiger partial charge is 0.191 e. The van der Waals surface area contributed by atoms with Gasteiger partial charge in [-0.05, 0) is 44.0 Å². The Morgan fingerprint density at radius 2 is 1.90 bits per heavy atom. The number of aliphatic imine (C=N–C) groups is 1. The van der Waals surface area contributed by atoms with E-state index in [1.54, 1.807) is 14.2 Å². The lowest BCUT2D eigenvalue weighted by Crippen LogP contribution is -2.45. The fraction of sp³-hybridized carbons (Fsp3) is 0.562. The Hall–Kier alpha value is -1.75. The molecule has 0 saturated heterocycles. The van der Waals surface area contributed by atoms with E-state index in [2.05, 4.69) is 35.5 Å². The number of hydrogen-bond acceptors (Lipinski definition) is 3. The SMILES string of the molecule is CN=C(NCCOc1cc(C)cc(C)c1)NC(C)COC. The van der Waals surface area contributed by atoms with E-state index in [1.807, 2.05) is 19.1 Å². The van der Waals surface area contributed by atoms with Crippen LogP contribution in [0, 0.1) is 13.8 Å². The van der Waals surface area contributed by atoms with E-state index >= 15 is 0 Å². The van der Waals surface area contributed by atoms with Crippen LogP contribution in [0.1, 0.15) is 18.1 Å². The number of guanidine groups is 1. The summed E-state index contributed by atoms with van der Waals surface area (Å²) in [4.78, 5) is 4.17. The Morgan fingerprint density at radius 1 is 1.24 bits per heavy atom. The summed E-state index contributed by atoms with van der Waals surface area (Å²) in [6, 6.07) is 6.43. The van der Waals surface area contributed by atoms with E-state index in [9.17, 15) is 0 Å². The molecule has 0 spiro atoms. The summed E-state index contributed by atoms with van der Waals surface area (Å²) < 4.78 is 10.8. The molecule has 118 valence electrons. The summed E-state index contributed by atoms with van der Waals surface area (Å²) in [5.74, 6) is 1.66. The Balaban J connectivity index is 2.32. The monoisotopic (exact) mass is 293 g/mol. The molecule has 0 fully saturated rings. The number of benzene rings is 1. The van der Waals surface area contributed by atoms with Crippen LogP contribution in [0.2, 0.25) is 0 Å². The van der Waals surface area contributed by atoms with Crippen molar-refractivity contribution < 1.29 is 9.47 Å². The van der Waals surface area contributed by atoms with Gasteiger partial charge in [0.25, 0.3) is 0 Å². The molecule has 1 atom stereocenters. The molecule has 1 rings (SSSR count). The quantitative estimate of drug-likeness (QED) is 0.458. The number of nitrogens with zero attached hydrogens (tertiary/aromatic N) is 1. The standard InChI is InChI=1S/C16H27N3O2/c1-12-8-13(2)10-15(9-12)21-7-6-18-16(17-4)19-14(3)11-20-5/h8-10,14H,6-7,11H2,1-5H3,(H2,17,18,19). The van der Waals surface area contributed by atoms with E-state index < -0.39 is 0 Å². The van der Waals surface area contributed by atoms with Crippen molar-refractivity contribution in [1.29, 1.82) is 0 Å². The first-order chi connectivity index (χ1) is 10.0. The summed E-state index contributed by atoms with van der Waals surface area (Å²) in [5, 5.41) is 6.46. The second-order valence-electron chi connectivity index (χ2n) is 5.17. The number of hydrogen-bond donors (Lipinski definition) is 2. The number of ether oxygens (including phenoxy) is 2. The van der Waals surface area contributed by atoms with Gasteiger partial charge in [0.15, 0.2) is 5.96 Å². The molecule has 1 aromatic carbocycles. The first kappa shape index (κ1) is 17.3. The molecule has 1 aromatic rings. The molecule has 0 aromatic heterocycles. The lowest BCUT2D eigenvalue weighted by molar-refractivity contribution is 0.179. The number of aryl methyl sites for hydroxylation is 2. The predicted octanol–water partition coefficient (Wildman–Crippen LogP) is 1.88. The second kappa shape index (κ2) is 9.23. The highest BCUT2D eigenvalue weighted by molar-refractivity contribution is 5.79. The van der Waals surface area contributed by atoms with Gasteiger partial charge in [0.2, 0.25) is 0 Å². The molecule has 0 bridgehead atoms. The van der Waals surface area contributed by atoms with Crippen molar-refractivity contribution in [2.75, 3.05) is 33.9 Å². The van der Waals surface area contributed by atoms with E-state index in [0.717, 1.165) is 11.7 Å². The summed E-state index contributed by atoms with van der Waals surface area (Å²) in [5.41, 5.74) is 2.42. The van der Waals surface area contributed by atoms with Crippen LogP contribution in [0.15, 0.2) is 23.2 Å². The Morgan fingerprint density at radius 3 is 2.48 bits per heavy atom. The molecule has 21 heavy (non-hydrogen) atoms. The Kier molecular flexibility index (Phi) is 7.61. The zero-order valence-corrected chi connectivity index (χ0v) is 13.7. The molecule has 1 unspecified atom stereocenters. The molecule has 5 nitrogen and oxygen atoms in total. The topological polar surface area (TPSA) is 54.9 Å². The van der Waals surface area contributed by atoms with Gasteiger partial charge in [-0.2, -0.15) is 0 Å². The van der Waals surface area contributed by atoms with Crippen LogP contribution in [0.3, 0.4) is 0 Å². The second-order valence-corrected chi connectivity index (χ2v) is 5.17. The van der Waals surface area contributed by atoms with E-state index in [0.29, 0.717) is 19.8 Å². The molecule has 0 amide bonds. The maximum Gasteiger partial charge on any atom is 0.191 e. The van der Waals surface area contributed by atoms with Gasteiger partial charge in [0.05, 0.1) is 13.2 Å². The van der Waals surface area contributed by atoms with Gasteiger partial charge in [-0.15, -0.1) is 0 Å². The van der Waals surface area contributed by atoms with Gasteiger partial charge in [-0.25, -0.2) is 0 Å². The molecule has 0 aliphatic carbocycles. The van der Waals surface area contributed by atoms with Crippen molar-refractivity contribution in [1.82, 2.24) is 10.6 Å². The van der Waals surface area contributed by atoms with Gasteiger partial charge in [0, 0.05) is 20.2 Å². The number of methoxy groups -OCH3 is 1. The van der Waals surface area contributed by atoms with Crippen LogP contribution in [-0.2, 0) is 4.74 Å². The molecule has 0 heterocycles. The maximum absolute atomic E-state index is 5.75. The highest BCUT2D eigenvalue weighted by atomic mass is 16.5. The minimum Gasteiger partial charge on any atom is -0.492 e. The van der Waals surface area contributed by atoms with E-state index in [-0.39, 0.29) is 6.04 Å². The summed E-state index contributed by atoms with van der Waals surface area (Å²) in [7, 11) is 3.44. The largest absolute Gasteiger partial charge is 0.492 e. The Labute approximate surface area is 127 Å². The van der Waals surface area contributed by atoms with E-state index in [1.165, 1.54) is 11.1 Å². The van der Waals surface area contributed by atoms with Gasteiger partial charge < -0.3 is 20.1 Å². The molecular formula is C16H27N3O2. The van der Waals surface area contributed by atoms with Crippen LogP contribution in [-0.4, -0.2) is 45.9 Å². The lowest BCUT2D eigenvalue weighted by Gasteiger charge is -2.17. The molecule has 2 N–H and O–H groups in total. The van der Waals surface area contributed by atoms with Crippen molar-refractivity contribution >= 4 is 5.96 Å². The molecule has 5 heteroatoms. The average Bonchev–Trinajstić information content (AvgIpc) is 2.41. The van der Waals surface area contributed by atoms with Gasteiger partial charge in [-0.1, -0.05) is 6.07 Å². The fourth-order valence-corrected chi connectivity index (χ4v) is 2.07. The lowest BCUT2D eigenvalue weighted by atomic mass is 10.1. The van der Waals surface area contributed by atoms with Crippen molar-refractivity contribution in [2.45, 2.75) is 26.8 Å². The highest BCUT2D eigenvalue weighted by Crippen LogP contribution is 2.15. The summed E-state index contributed by atoms with van der Waals surface area (Å²) in [6.45, 7) is 8.10. The third-order valence-electron chi connectivity index (χ3n) is 2.88.